The fourth-order valence-electron chi connectivity index (χ4n) is 0.831. The van der Waals surface area contributed by atoms with Crippen LogP contribution in [0.3, 0.4) is 0 Å². The Morgan fingerprint density at radius 3 is 3.08 bits per heavy atom. The highest BCUT2D eigenvalue weighted by Crippen LogP contribution is 2.24. The molecule has 1 aliphatic heterocycles. The Labute approximate surface area is 75.7 Å². The molecule has 68 valence electrons. The Balaban J connectivity index is 2.36. The SMILES string of the molecule is CC1SC=CN1C(=O)OCCN. The van der Waals surface area contributed by atoms with Crippen molar-refractivity contribution in [2.45, 2.75) is 12.3 Å². The monoisotopic (exact) mass is 188 g/mol. The van der Waals surface area contributed by atoms with Crippen molar-refractivity contribution in [1.29, 1.82) is 0 Å². The van der Waals surface area contributed by atoms with Gasteiger partial charge < -0.3 is 10.5 Å². The van der Waals surface area contributed by atoms with E-state index in [1.165, 1.54) is 0 Å². The van der Waals surface area contributed by atoms with E-state index < -0.39 is 0 Å². The molecule has 5 heteroatoms. The van der Waals surface area contributed by atoms with E-state index in [9.17, 15) is 4.79 Å². The number of nitrogens with zero attached hydrogens (tertiary/aromatic N) is 1. The normalized spacial score (nSPS) is 21.5. The van der Waals surface area contributed by atoms with Gasteiger partial charge in [-0.15, -0.1) is 11.8 Å². The largest absolute Gasteiger partial charge is 0.448 e. The first-order valence-corrected chi connectivity index (χ1v) is 4.67. The molecule has 1 amide bonds. The Morgan fingerprint density at radius 1 is 1.83 bits per heavy atom. The Bertz CT molecular complexity index is 196. The molecule has 0 aromatic heterocycles. The molecule has 0 fully saturated rings. The highest BCUT2D eigenvalue weighted by atomic mass is 32.2. The number of thioether (sulfide) groups is 1. The van der Waals surface area contributed by atoms with E-state index >= 15 is 0 Å². The van der Waals surface area contributed by atoms with E-state index in [1.807, 2.05) is 12.3 Å². The average molecular weight is 188 g/mol. The van der Waals surface area contributed by atoms with E-state index in [2.05, 4.69) is 0 Å². The van der Waals surface area contributed by atoms with Gasteiger partial charge in [-0.25, -0.2) is 4.79 Å². The van der Waals surface area contributed by atoms with Gasteiger partial charge in [-0.2, -0.15) is 0 Å². The fraction of sp³-hybridized carbons (Fsp3) is 0.571. The summed E-state index contributed by atoms with van der Waals surface area (Å²) in [5.74, 6) is 0. The van der Waals surface area contributed by atoms with Gasteiger partial charge in [0.2, 0.25) is 0 Å². The van der Waals surface area contributed by atoms with Crippen LogP contribution in [0.2, 0.25) is 0 Å². The highest BCUT2D eigenvalue weighted by Gasteiger charge is 2.22. The minimum atomic E-state index is -0.325. The average Bonchev–Trinajstić information content (AvgIpc) is 2.47. The Kier molecular flexibility index (Phi) is 3.43. The molecule has 1 aliphatic rings. The van der Waals surface area contributed by atoms with Crippen LogP contribution in [0, 0.1) is 0 Å². The number of carbonyl (C=O) groups is 1. The maximum absolute atomic E-state index is 11.2. The lowest BCUT2D eigenvalue weighted by atomic mass is 10.6. The van der Waals surface area contributed by atoms with Crippen LogP contribution in [0.25, 0.3) is 0 Å². The van der Waals surface area contributed by atoms with Gasteiger partial charge in [0.05, 0.1) is 5.37 Å². The predicted octanol–water partition coefficient (Wildman–Crippen LogP) is 0.948. The number of hydrogen-bond acceptors (Lipinski definition) is 4. The summed E-state index contributed by atoms with van der Waals surface area (Å²) >= 11 is 1.58. The molecule has 12 heavy (non-hydrogen) atoms. The van der Waals surface area contributed by atoms with Crippen LogP contribution in [0.1, 0.15) is 6.92 Å². The summed E-state index contributed by atoms with van der Waals surface area (Å²) in [5.41, 5.74) is 5.19. The molecular weight excluding hydrogens is 176 g/mol. The molecule has 0 saturated carbocycles. The summed E-state index contributed by atoms with van der Waals surface area (Å²) in [5, 5.41) is 2.00. The number of ether oxygens (including phenoxy) is 1. The smallest absolute Gasteiger partial charge is 0.414 e. The minimum absolute atomic E-state index is 0.135. The molecule has 2 N–H and O–H groups in total. The van der Waals surface area contributed by atoms with Crippen LogP contribution >= 0.6 is 11.8 Å². The van der Waals surface area contributed by atoms with Gasteiger partial charge in [-0.05, 0) is 12.3 Å². The summed E-state index contributed by atoms with van der Waals surface area (Å²) in [6.45, 7) is 2.58. The van der Waals surface area contributed by atoms with Crippen molar-refractivity contribution in [2.24, 2.45) is 5.73 Å². The molecule has 0 radical (unpaired) electrons. The molecule has 0 bridgehead atoms. The van der Waals surface area contributed by atoms with Crippen LogP contribution in [0.5, 0.6) is 0 Å². The number of nitrogens with two attached hydrogens (primary N) is 1. The molecule has 0 aliphatic carbocycles. The second kappa shape index (κ2) is 4.37. The molecule has 1 heterocycles. The lowest BCUT2D eigenvalue weighted by Crippen LogP contribution is -2.31. The van der Waals surface area contributed by atoms with Crippen molar-refractivity contribution >= 4 is 17.9 Å². The number of amides is 1. The molecule has 0 saturated heterocycles. The summed E-state index contributed by atoms with van der Waals surface area (Å²) in [4.78, 5) is 12.7. The van der Waals surface area contributed by atoms with Crippen molar-refractivity contribution in [3.8, 4) is 0 Å². The van der Waals surface area contributed by atoms with Crippen LogP contribution in [-0.4, -0.2) is 29.5 Å². The van der Waals surface area contributed by atoms with E-state index in [0.717, 1.165) is 0 Å². The van der Waals surface area contributed by atoms with Crippen molar-refractivity contribution < 1.29 is 9.53 Å². The van der Waals surface area contributed by atoms with Gasteiger partial charge in [0.1, 0.15) is 6.61 Å². The molecular formula is C7H12N2O2S. The van der Waals surface area contributed by atoms with Crippen molar-refractivity contribution in [3.63, 3.8) is 0 Å². The second-order valence-electron chi connectivity index (χ2n) is 2.33. The van der Waals surface area contributed by atoms with E-state index in [1.54, 1.807) is 22.9 Å². The van der Waals surface area contributed by atoms with Gasteiger partial charge in [0.15, 0.2) is 0 Å². The topological polar surface area (TPSA) is 55.6 Å². The van der Waals surface area contributed by atoms with Crippen molar-refractivity contribution in [3.05, 3.63) is 11.6 Å². The molecule has 0 aromatic carbocycles. The van der Waals surface area contributed by atoms with Crippen LogP contribution in [-0.2, 0) is 4.74 Å². The zero-order valence-corrected chi connectivity index (χ0v) is 7.71. The number of carbonyl (C=O) groups excluding carboxylic acids is 1. The van der Waals surface area contributed by atoms with Crippen molar-refractivity contribution in [2.75, 3.05) is 13.2 Å². The summed E-state index contributed by atoms with van der Waals surface area (Å²) in [7, 11) is 0. The Hall–Kier alpha value is -0.680. The lowest BCUT2D eigenvalue weighted by Gasteiger charge is -2.18. The second-order valence-corrected chi connectivity index (χ2v) is 3.56. The van der Waals surface area contributed by atoms with Gasteiger partial charge in [0.25, 0.3) is 0 Å². The van der Waals surface area contributed by atoms with Gasteiger partial charge >= 0.3 is 6.09 Å². The summed E-state index contributed by atoms with van der Waals surface area (Å²) < 4.78 is 4.84. The molecule has 1 rings (SSSR count). The third kappa shape index (κ3) is 2.15. The predicted molar refractivity (Wildman–Crippen MR) is 48.4 cm³/mol. The first-order valence-electron chi connectivity index (χ1n) is 3.73. The standard InChI is InChI=1S/C7H12N2O2S/c1-6-9(3-5-12-6)7(10)11-4-2-8/h3,5-6H,2,4,8H2,1H3. The van der Waals surface area contributed by atoms with Gasteiger partial charge in [-0.1, -0.05) is 0 Å². The molecule has 0 spiro atoms. The maximum Gasteiger partial charge on any atom is 0.414 e. The third-order valence-electron chi connectivity index (χ3n) is 1.44. The minimum Gasteiger partial charge on any atom is -0.448 e. The summed E-state index contributed by atoms with van der Waals surface area (Å²) in [6.07, 6.45) is 1.39. The van der Waals surface area contributed by atoms with E-state index in [-0.39, 0.29) is 18.1 Å². The fourth-order valence-corrected chi connectivity index (χ4v) is 1.55. The Morgan fingerprint density at radius 2 is 2.58 bits per heavy atom. The van der Waals surface area contributed by atoms with E-state index in [0.29, 0.717) is 6.54 Å². The lowest BCUT2D eigenvalue weighted by molar-refractivity contribution is 0.119. The molecule has 4 nitrogen and oxygen atoms in total. The van der Waals surface area contributed by atoms with E-state index in [4.69, 9.17) is 10.5 Å². The molecule has 0 aromatic rings. The molecule has 1 atom stereocenters. The first-order chi connectivity index (χ1) is 5.75. The first kappa shape index (κ1) is 9.41. The number of hydrogen-bond donors (Lipinski definition) is 1. The molecule has 1 unspecified atom stereocenters. The van der Waals surface area contributed by atoms with Crippen LogP contribution < -0.4 is 5.73 Å². The zero-order valence-electron chi connectivity index (χ0n) is 6.90. The highest BCUT2D eigenvalue weighted by molar-refractivity contribution is 8.02. The van der Waals surface area contributed by atoms with Crippen molar-refractivity contribution in [1.82, 2.24) is 4.90 Å². The van der Waals surface area contributed by atoms with Crippen LogP contribution in [0.15, 0.2) is 11.6 Å². The number of rotatable bonds is 2. The maximum atomic E-state index is 11.2. The zero-order chi connectivity index (χ0) is 8.97. The van der Waals surface area contributed by atoms with Gasteiger partial charge in [0, 0.05) is 12.7 Å². The van der Waals surface area contributed by atoms with Gasteiger partial charge in [-0.3, -0.25) is 4.90 Å². The van der Waals surface area contributed by atoms with Crippen LogP contribution in [0.4, 0.5) is 4.79 Å². The summed E-state index contributed by atoms with van der Waals surface area (Å²) in [6, 6.07) is 0. The quantitative estimate of drug-likeness (QED) is 0.701. The third-order valence-corrected chi connectivity index (χ3v) is 2.34.